The Hall–Kier alpha value is -1.35. The van der Waals surface area contributed by atoms with Crippen molar-refractivity contribution in [1.29, 1.82) is 0 Å². The lowest BCUT2D eigenvalue weighted by Gasteiger charge is -2.18. The summed E-state index contributed by atoms with van der Waals surface area (Å²) in [5, 5.41) is -0.376. The van der Waals surface area contributed by atoms with Gasteiger partial charge in [0.25, 0.3) is 11.1 Å². The monoisotopic (exact) mass is 442 g/mol. The average molecular weight is 442 g/mol. The molecule has 3 rings (SSSR count). The second-order valence-corrected chi connectivity index (χ2v) is 7.65. The maximum Gasteiger partial charge on any atom is 0.294 e. The van der Waals surface area contributed by atoms with Crippen LogP contribution in [0.2, 0.25) is 0 Å². The first-order chi connectivity index (χ1) is 11.0. The topological polar surface area (TPSA) is 57.7 Å². The number of benzene rings is 1. The van der Waals surface area contributed by atoms with Crippen LogP contribution in [-0.4, -0.2) is 46.5 Å². The fourth-order valence-corrected chi connectivity index (χ4v) is 3.75. The largest absolute Gasteiger partial charge is 0.341 e. The van der Waals surface area contributed by atoms with Gasteiger partial charge < -0.3 is 4.90 Å². The summed E-state index contributed by atoms with van der Waals surface area (Å²) in [4.78, 5) is 39.7. The van der Waals surface area contributed by atoms with E-state index >= 15 is 0 Å². The van der Waals surface area contributed by atoms with Gasteiger partial charge in [-0.25, -0.2) is 0 Å². The molecular formula is C16H15IN2O3S. The number of likely N-dealkylation sites (tertiary alicyclic amines) is 1. The summed E-state index contributed by atoms with van der Waals surface area (Å²) in [6.45, 7) is 1.27. The van der Waals surface area contributed by atoms with Crippen LogP contribution in [0, 0.1) is 3.57 Å². The molecule has 3 amide bonds. The molecule has 2 heterocycles. The third-order valence-corrected chi connectivity index (χ3v) is 5.42. The van der Waals surface area contributed by atoms with Crippen molar-refractivity contribution in [3.63, 3.8) is 0 Å². The number of amides is 3. The number of nitrogens with zero attached hydrogens (tertiary/aromatic N) is 2. The van der Waals surface area contributed by atoms with E-state index in [4.69, 9.17) is 0 Å². The van der Waals surface area contributed by atoms with Gasteiger partial charge in [0.1, 0.15) is 6.54 Å². The highest BCUT2D eigenvalue weighted by atomic mass is 127. The first-order valence-electron chi connectivity index (χ1n) is 7.33. The average Bonchev–Trinajstić information content (AvgIpc) is 3.14. The van der Waals surface area contributed by atoms with Gasteiger partial charge in [-0.05, 0) is 71.0 Å². The van der Waals surface area contributed by atoms with E-state index < -0.39 is 0 Å². The van der Waals surface area contributed by atoms with E-state index in [1.54, 1.807) is 11.0 Å². The maximum atomic E-state index is 12.4. The molecule has 1 aromatic rings. The predicted octanol–water partition coefficient (Wildman–Crippen LogP) is 2.95. The number of halogens is 1. The fourth-order valence-electron chi connectivity index (χ4n) is 2.55. The molecule has 5 nitrogen and oxygen atoms in total. The molecule has 0 unspecified atom stereocenters. The van der Waals surface area contributed by atoms with Gasteiger partial charge >= 0.3 is 0 Å². The van der Waals surface area contributed by atoms with Crippen LogP contribution in [0.4, 0.5) is 4.79 Å². The Morgan fingerprint density at radius 1 is 1.17 bits per heavy atom. The van der Waals surface area contributed by atoms with Crippen molar-refractivity contribution in [2.75, 3.05) is 19.6 Å². The van der Waals surface area contributed by atoms with Crippen LogP contribution < -0.4 is 0 Å². The van der Waals surface area contributed by atoms with Gasteiger partial charge in [-0.3, -0.25) is 19.3 Å². The number of hydrogen-bond donors (Lipinski definition) is 0. The highest BCUT2D eigenvalue weighted by Crippen LogP contribution is 2.32. The molecule has 0 saturated carbocycles. The van der Waals surface area contributed by atoms with E-state index in [2.05, 4.69) is 22.6 Å². The molecule has 7 heteroatoms. The van der Waals surface area contributed by atoms with Gasteiger partial charge in [0.05, 0.1) is 4.91 Å². The Labute approximate surface area is 152 Å². The molecule has 2 aliphatic rings. The Kier molecular flexibility index (Phi) is 5.05. The number of carbonyl (C=O) groups excluding carboxylic acids is 3. The minimum atomic E-state index is -0.383. The van der Waals surface area contributed by atoms with Crippen molar-refractivity contribution < 1.29 is 14.4 Å². The van der Waals surface area contributed by atoms with E-state index in [0.717, 1.165) is 38.6 Å². The lowest BCUT2D eigenvalue weighted by Crippen LogP contribution is -2.40. The zero-order valence-corrected chi connectivity index (χ0v) is 15.3. The zero-order chi connectivity index (χ0) is 16.4. The minimum absolute atomic E-state index is 0.152. The van der Waals surface area contributed by atoms with Gasteiger partial charge in [-0.2, -0.15) is 0 Å². The van der Waals surface area contributed by atoms with Gasteiger partial charge in [0, 0.05) is 16.7 Å². The Balaban J connectivity index is 1.71. The number of imide groups is 1. The molecule has 0 atom stereocenters. The summed E-state index contributed by atoms with van der Waals surface area (Å²) < 4.78 is 1.10. The molecule has 2 saturated heterocycles. The van der Waals surface area contributed by atoms with Gasteiger partial charge in [-0.1, -0.05) is 12.1 Å². The van der Waals surface area contributed by atoms with Gasteiger partial charge in [0.2, 0.25) is 5.91 Å². The molecule has 23 heavy (non-hydrogen) atoms. The standard InChI is InChI=1S/C16H15IN2O3S/c17-12-5-3-11(4-6-12)9-13-15(21)19(16(22)23-13)10-14(20)18-7-1-2-8-18/h3-6,9H,1-2,7-8,10H2/b13-9-. The third-order valence-electron chi connectivity index (χ3n) is 3.79. The highest BCUT2D eigenvalue weighted by molar-refractivity contribution is 14.1. The molecule has 2 fully saturated rings. The first kappa shape index (κ1) is 16.5. The molecule has 0 spiro atoms. The van der Waals surface area contributed by atoms with Crippen molar-refractivity contribution in [2.24, 2.45) is 0 Å². The van der Waals surface area contributed by atoms with Crippen LogP contribution in [0.3, 0.4) is 0 Å². The first-order valence-corrected chi connectivity index (χ1v) is 9.23. The third kappa shape index (κ3) is 3.77. The molecule has 2 aliphatic heterocycles. The predicted molar refractivity (Wildman–Crippen MR) is 97.7 cm³/mol. The molecule has 0 aromatic heterocycles. The van der Waals surface area contributed by atoms with E-state index in [0.29, 0.717) is 18.0 Å². The van der Waals surface area contributed by atoms with Gasteiger partial charge in [0.15, 0.2) is 0 Å². The highest BCUT2D eigenvalue weighted by Gasteiger charge is 2.37. The molecule has 0 N–H and O–H groups in total. The van der Waals surface area contributed by atoms with Crippen LogP contribution in [0.5, 0.6) is 0 Å². The second-order valence-electron chi connectivity index (χ2n) is 5.41. The molecule has 0 radical (unpaired) electrons. The van der Waals surface area contributed by atoms with Crippen LogP contribution in [0.1, 0.15) is 18.4 Å². The molecule has 0 aliphatic carbocycles. The summed E-state index contributed by atoms with van der Waals surface area (Å²) >= 11 is 3.10. The van der Waals surface area contributed by atoms with Crippen LogP contribution in [0.15, 0.2) is 29.2 Å². The molecule has 120 valence electrons. The van der Waals surface area contributed by atoms with Crippen LogP contribution in [0.25, 0.3) is 6.08 Å². The Bertz CT molecular complexity index is 681. The summed E-state index contributed by atoms with van der Waals surface area (Å²) in [6.07, 6.45) is 3.67. The summed E-state index contributed by atoms with van der Waals surface area (Å²) in [5.41, 5.74) is 0.863. The van der Waals surface area contributed by atoms with E-state index in [1.807, 2.05) is 24.3 Å². The van der Waals surface area contributed by atoms with Gasteiger partial charge in [-0.15, -0.1) is 0 Å². The normalized spacial score (nSPS) is 20.0. The summed E-state index contributed by atoms with van der Waals surface area (Å²) in [7, 11) is 0. The van der Waals surface area contributed by atoms with E-state index in [9.17, 15) is 14.4 Å². The van der Waals surface area contributed by atoms with Crippen molar-refractivity contribution in [3.8, 4) is 0 Å². The van der Waals surface area contributed by atoms with Crippen LogP contribution >= 0.6 is 34.4 Å². The Morgan fingerprint density at radius 3 is 2.48 bits per heavy atom. The molecular weight excluding hydrogens is 427 g/mol. The lowest BCUT2D eigenvalue weighted by molar-refractivity contribution is -0.135. The molecule has 1 aromatic carbocycles. The molecule has 0 bridgehead atoms. The summed E-state index contributed by atoms with van der Waals surface area (Å²) in [5.74, 6) is -0.536. The van der Waals surface area contributed by atoms with Crippen molar-refractivity contribution in [2.45, 2.75) is 12.8 Å². The lowest BCUT2D eigenvalue weighted by atomic mass is 10.2. The SMILES string of the molecule is O=C(CN1C(=O)S/C(=C\c2ccc(I)cc2)C1=O)N1CCCC1. The fraction of sp³-hybridized carbons (Fsp3) is 0.312. The number of thioether (sulfide) groups is 1. The summed E-state index contributed by atoms with van der Waals surface area (Å²) in [6, 6.07) is 7.66. The van der Waals surface area contributed by atoms with E-state index in [1.165, 1.54) is 0 Å². The maximum absolute atomic E-state index is 12.4. The van der Waals surface area contributed by atoms with Crippen LogP contribution in [-0.2, 0) is 9.59 Å². The van der Waals surface area contributed by atoms with E-state index in [-0.39, 0.29) is 23.6 Å². The van der Waals surface area contributed by atoms with Crippen molar-refractivity contribution in [1.82, 2.24) is 9.80 Å². The minimum Gasteiger partial charge on any atom is -0.341 e. The zero-order valence-electron chi connectivity index (χ0n) is 12.3. The smallest absolute Gasteiger partial charge is 0.294 e. The Morgan fingerprint density at radius 2 is 1.83 bits per heavy atom. The van der Waals surface area contributed by atoms with Crippen molar-refractivity contribution in [3.05, 3.63) is 38.3 Å². The number of hydrogen-bond acceptors (Lipinski definition) is 4. The number of rotatable bonds is 3. The second kappa shape index (κ2) is 7.04. The quantitative estimate of drug-likeness (QED) is 0.534. The van der Waals surface area contributed by atoms with Crippen molar-refractivity contribution >= 4 is 57.5 Å². The number of carbonyl (C=O) groups is 3.